The van der Waals surface area contributed by atoms with Crippen LogP contribution in [0.5, 0.6) is 0 Å². The maximum Gasteiger partial charge on any atom is 0.281 e. The van der Waals surface area contributed by atoms with Crippen molar-refractivity contribution in [3.63, 3.8) is 0 Å². The van der Waals surface area contributed by atoms with Crippen molar-refractivity contribution in [2.45, 2.75) is 38.4 Å². The number of aromatic nitrogens is 2. The number of anilines is 1. The van der Waals surface area contributed by atoms with Crippen LogP contribution < -0.4 is 10.0 Å². The smallest absolute Gasteiger partial charge is 0.281 e. The van der Waals surface area contributed by atoms with Gasteiger partial charge >= 0.3 is 0 Å². The van der Waals surface area contributed by atoms with Gasteiger partial charge in [0.25, 0.3) is 10.0 Å². The van der Waals surface area contributed by atoms with Gasteiger partial charge in [-0.3, -0.25) is 4.72 Å². The van der Waals surface area contributed by atoms with E-state index in [2.05, 4.69) is 20.0 Å². The summed E-state index contributed by atoms with van der Waals surface area (Å²) in [5.41, 5.74) is 1.72. The lowest BCUT2D eigenvalue weighted by Crippen LogP contribution is -2.22. The molecule has 0 radical (unpaired) electrons. The second kappa shape index (κ2) is 6.50. The van der Waals surface area contributed by atoms with E-state index in [1.54, 1.807) is 17.6 Å². The predicted octanol–water partition coefficient (Wildman–Crippen LogP) is 2.15. The molecule has 2 aromatic rings. The first-order valence-corrected chi connectivity index (χ1v) is 8.86. The molecule has 2 N–H and O–H groups in total. The molecule has 0 amide bonds. The Labute approximate surface area is 128 Å². The zero-order valence-corrected chi connectivity index (χ0v) is 13.8. The largest absolute Gasteiger partial charge is 0.310 e. The van der Waals surface area contributed by atoms with Gasteiger partial charge in [-0.25, -0.2) is 9.97 Å². The van der Waals surface area contributed by atoms with Crippen LogP contribution in [-0.4, -0.2) is 24.4 Å². The quantitative estimate of drug-likeness (QED) is 0.850. The lowest BCUT2D eigenvalue weighted by Gasteiger charge is -2.08. The van der Waals surface area contributed by atoms with E-state index in [-0.39, 0.29) is 5.03 Å². The van der Waals surface area contributed by atoms with Crippen molar-refractivity contribution < 1.29 is 8.42 Å². The van der Waals surface area contributed by atoms with Gasteiger partial charge in [0.2, 0.25) is 0 Å². The highest BCUT2D eigenvalue weighted by Crippen LogP contribution is 2.18. The second-order valence-corrected chi connectivity index (χ2v) is 7.43. The van der Waals surface area contributed by atoms with Gasteiger partial charge in [-0.2, -0.15) is 8.42 Å². The molecule has 0 bridgehead atoms. The van der Waals surface area contributed by atoms with Crippen molar-refractivity contribution >= 4 is 26.5 Å². The summed E-state index contributed by atoms with van der Waals surface area (Å²) in [6.07, 6.45) is 1.57. The number of thiazole rings is 1. The van der Waals surface area contributed by atoms with Gasteiger partial charge in [0.15, 0.2) is 10.2 Å². The fourth-order valence-corrected chi connectivity index (χ4v) is 3.44. The second-order valence-electron chi connectivity index (χ2n) is 4.94. The number of rotatable bonds is 6. The zero-order valence-electron chi connectivity index (χ0n) is 12.1. The summed E-state index contributed by atoms with van der Waals surface area (Å²) in [5, 5.41) is 5.37. The molecule has 2 rings (SSSR count). The Bertz CT molecular complexity index is 693. The van der Waals surface area contributed by atoms with Crippen molar-refractivity contribution in [1.29, 1.82) is 0 Å². The minimum atomic E-state index is -3.68. The Morgan fingerprint density at radius 3 is 2.62 bits per heavy atom. The van der Waals surface area contributed by atoms with Crippen LogP contribution in [0, 0.1) is 6.92 Å². The molecule has 114 valence electrons. The average Bonchev–Trinajstić information content (AvgIpc) is 2.81. The van der Waals surface area contributed by atoms with Crippen molar-refractivity contribution in [2.75, 3.05) is 4.72 Å². The predicted molar refractivity (Wildman–Crippen MR) is 83.9 cm³/mol. The summed E-state index contributed by atoms with van der Waals surface area (Å²) in [5.74, 6) is 0. The average molecular weight is 326 g/mol. The Morgan fingerprint density at radius 1 is 1.33 bits per heavy atom. The van der Waals surface area contributed by atoms with Gasteiger partial charge in [0.05, 0.1) is 5.69 Å². The fourth-order valence-electron chi connectivity index (χ4n) is 1.56. The Kier molecular flexibility index (Phi) is 4.92. The van der Waals surface area contributed by atoms with Crippen LogP contribution in [-0.2, 0) is 16.6 Å². The van der Waals surface area contributed by atoms with E-state index in [9.17, 15) is 8.42 Å². The SMILES string of the molecule is Cc1csc(NS(=O)(=O)c2ccc(CNC(C)C)cn2)n1. The lowest BCUT2D eigenvalue weighted by atomic mass is 10.2. The van der Waals surface area contributed by atoms with E-state index >= 15 is 0 Å². The molecule has 0 unspecified atom stereocenters. The van der Waals surface area contributed by atoms with E-state index in [4.69, 9.17) is 0 Å². The van der Waals surface area contributed by atoms with E-state index in [0.29, 0.717) is 17.7 Å². The monoisotopic (exact) mass is 326 g/mol. The molecule has 0 atom stereocenters. The standard InChI is InChI=1S/C13H18N4O2S2/c1-9(2)14-6-11-4-5-12(15-7-11)21(18,19)17-13-16-10(3)8-20-13/h4-5,7-9,14H,6H2,1-3H3,(H,16,17). The highest BCUT2D eigenvalue weighted by molar-refractivity contribution is 7.92. The number of nitrogens with one attached hydrogen (secondary N) is 2. The normalized spacial score (nSPS) is 11.8. The number of nitrogens with zero attached hydrogens (tertiary/aromatic N) is 2. The zero-order chi connectivity index (χ0) is 15.5. The summed E-state index contributed by atoms with van der Waals surface area (Å²) in [6.45, 7) is 6.56. The Morgan fingerprint density at radius 2 is 2.10 bits per heavy atom. The van der Waals surface area contributed by atoms with Crippen LogP contribution >= 0.6 is 11.3 Å². The number of aryl methyl sites for hydroxylation is 1. The first-order valence-electron chi connectivity index (χ1n) is 6.50. The molecule has 0 spiro atoms. The number of hydrogen-bond donors (Lipinski definition) is 2. The molecule has 2 heterocycles. The molecule has 0 fully saturated rings. The van der Waals surface area contributed by atoms with Crippen molar-refractivity contribution in [1.82, 2.24) is 15.3 Å². The minimum absolute atomic E-state index is 0.0105. The minimum Gasteiger partial charge on any atom is -0.310 e. The molecule has 0 aliphatic rings. The number of sulfonamides is 1. The third-order valence-electron chi connectivity index (χ3n) is 2.63. The number of pyridine rings is 1. The van der Waals surface area contributed by atoms with E-state index in [0.717, 1.165) is 11.3 Å². The third-order valence-corrected chi connectivity index (χ3v) is 4.89. The van der Waals surface area contributed by atoms with Gasteiger partial charge in [0.1, 0.15) is 0 Å². The highest BCUT2D eigenvalue weighted by Gasteiger charge is 2.17. The summed E-state index contributed by atoms with van der Waals surface area (Å²) in [7, 11) is -3.68. The first-order chi connectivity index (χ1) is 9.87. The fraction of sp³-hybridized carbons (Fsp3) is 0.385. The van der Waals surface area contributed by atoms with Gasteiger partial charge in [-0.1, -0.05) is 19.9 Å². The summed E-state index contributed by atoms with van der Waals surface area (Å²) in [6, 6.07) is 3.62. The van der Waals surface area contributed by atoms with Crippen molar-refractivity contribution in [3.05, 3.63) is 35.0 Å². The molecular weight excluding hydrogens is 308 g/mol. The maximum atomic E-state index is 12.2. The number of hydrogen-bond acceptors (Lipinski definition) is 6. The van der Waals surface area contributed by atoms with Gasteiger partial charge in [0, 0.05) is 24.2 Å². The lowest BCUT2D eigenvalue weighted by molar-refractivity contribution is 0.585. The molecule has 0 aliphatic heterocycles. The van der Waals surface area contributed by atoms with E-state index in [1.165, 1.54) is 17.4 Å². The van der Waals surface area contributed by atoms with Crippen molar-refractivity contribution in [3.8, 4) is 0 Å². The summed E-state index contributed by atoms with van der Waals surface area (Å²) < 4.78 is 26.8. The maximum absolute atomic E-state index is 12.2. The Balaban J connectivity index is 2.09. The van der Waals surface area contributed by atoms with Crippen LogP contribution in [0.15, 0.2) is 28.7 Å². The molecule has 21 heavy (non-hydrogen) atoms. The van der Waals surface area contributed by atoms with Crippen LogP contribution in [0.3, 0.4) is 0 Å². The molecule has 8 heteroatoms. The molecule has 2 aromatic heterocycles. The molecule has 6 nitrogen and oxygen atoms in total. The first kappa shape index (κ1) is 15.9. The molecular formula is C13H18N4O2S2. The summed E-state index contributed by atoms with van der Waals surface area (Å²) in [4.78, 5) is 8.10. The molecule has 0 aromatic carbocycles. The van der Waals surface area contributed by atoms with Crippen LogP contribution in [0.4, 0.5) is 5.13 Å². The van der Waals surface area contributed by atoms with Gasteiger partial charge in [-0.15, -0.1) is 11.3 Å². The van der Waals surface area contributed by atoms with E-state index in [1.807, 2.05) is 20.8 Å². The van der Waals surface area contributed by atoms with Crippen LogP contribution in [0.25, 0.3) is 0 Å². The molecule has 0 saturated heterocycles. The van der Waals surface area contributed by atoms with Gasteiger partial charge < -0.3 is 5.32 Å². The Hall–Kier alpha value is -1.51. The van der Waals surface area contributed by atoms with Crippen molar-refractivity contribution in [2.24, 2.45) is 0 Å². The topological polar surface area (TPSA) is 84.0 Å². The molecule has 0 saturated carbocycles. The van der Waals surface area contributed by atoms with Crippen LogP contribution in [0.1, 0.15) is 25.1 Å². The summed E-state index contributed by atoms with van der Waals surface area (Å²) >= 11 is 1.25. The van der Waals surface area contributed by atoms with Crippen LogP contribution in [0.2, 0.25) is 0 Å². The molecule has 0 aliphatic carbocycles. The van der Waals surface area contributed by atoms with E-state index < -0.39 is 10.0 Å². The van der Waals surface area contributed by atoms with Gasteiger partial charge in [-0.05, 0) is 18.6 Å². The highest BCUT2D eigenvalue weighted by atomic mass is 32.2. The third kappa shape index (κ3) is 4.48.